The lowest BCUT2D eigenvalue weighted by Gasteiger charge is -2.32. The van der Waals surface area contributed by atoms with Gasteiger partial charge >= 0.3 is 0 Å². The number of imidazole rings is 1. The van der Waals surface area contributed by atoms with Crippen LogP contribution in [0.1, 0.15) is 17.8 Å². The van der Waals surface area contributed by atoms with Gasteiger partial charge in [-0.15, -0.1) is 0 Å². The molecule has 0 fully saturated rings. The lowest BCUT2D eigenvalue weighted by molar-refractivity contribution is 0.160. The minimum Gasteiger partial charge on any atom is -0.492 e. The molecule has 102 valence electrons. The van der Waals surface area contributed by atoms with E-state index in [9.17, 15) is 5.26 Å². The van der Waals surface area contributed by atoms with Gasteiger partial charge in [0.05, 0.1) is 11.5 Å². The van der Waals surface area contributed by atoms with Crippen molar-refractivity contribution < 1.29 is 4.74 Å². The number of fused-ring (bicyclic) bond motifs is 1. The molecule has 1 unspecified atom stereocenters. The van der Waals surface area contributed by atoms with Crippen molar-refractivity contribution in [3.05, 3.63) is 48.0 Å². The van der Waals surface area contributed by atoms with Gasteiger partial charge in [0.1, 0.15) is 18.2 Å². The van der Waals surface area contributed by atoms with E-state index in [1.807, 2.05) is 42.1 Å². The largest absolute Gasteiger partial charge is 0.492 e. The predicted molar refractivity (Wildman–Crippen MR) is 75.2 cm³/mol. The molecule has 1 aromatic carbocycles. The van der Waals surface area contributed by atoms with Gasteiger partial charge in [0.2, 0.25) is 0 Å². The maximum atomic E-state index is 9.61. The number of hydrogen-bond acceptors (Lipinski definition) is 3. The van der Waals surface area contributed by atoms with Crippen LogP contribution in [0, 0.1) is 16.7 Å². The molecule has 1 aromatic heterocycles. The molecule has 20 heavy (non-hydrogen) atoms. The molecule has 3 rings (SSSR count). The van der Waals surface area contributed by atoms with E-state index in [4.69, 9.17) is 4.74 Å². The van der Waals surface area contributed by atoms with Crippen molar-refractivity contribution in [2.75, 3.05) is 6.61 Å². The minimum atomic E-state index is -0.444. The van der Waals surface area contributed by atoms with Crippen molar-refractivity contribution in [3.8, 4) is 11.8 Å². The molecule has 1 aliphatic rings. The summed E-state index contributed by atoms with van der Waals surface area (Å²) in [6, 6.07) is 10.4. The second kappa shape index (κ2) is 5.01. The van der Waals surface area contributed by atoms with Gasteiger partial charge in [-0.05, 0) is 24.5 Å². The first-order chi connectivity index (χ1) is 9.72. The molecule has 0 amide bonds. The number of hydrogen-bond donors (Lipinski definition) is 0. The quantitative estimate of drug-likeness (QED) is 0.858. The highest BCUT2D eigenvalue weighted by Crippen LogP contribution is 2.37. The number of nitrogens with zero attached hydrogens (tertiary/aromatic N) is 3. The molecule has 2 heterocycles. The molecule has 0 saturated heterocycles. The lowest BCUT2D eigenvalue weighted by atomic mass is 9.78. The summed E-state index contributed by atoms with van der Waals surface area (Å²) in [5, 5.41) is 9.61. The van der Waals surface area contributed by atoms with Crippen molar-refractivity contribution in [1.29, 1.82) is 5.26 Å². The van der Waals surface area contributed by atoms with Crippen LogP contribution in [0.3, 0.4) is 0 Å². The summed E-state index contributed by atoms with van der Waals surface area (Å²) in [6.45, 7) is 0.463. The topological polar surface area (TPSA) is 50.8 Å². The normalized spacial score (nSPS) is 20.8. The number of benzene rings is 1. The molecule has 1 atom stereocenters. The number of para-hydroxylation sites is 1. The van der Waals surface area contributed by atoms with E-state index in [1.165, 1.54) is 0 Å². The predicted octanol–water partition coefficient (Wildman–Crippen LogP) is 2.50. The van der Waals surface area contributed by atoms with Gasteiger partial charge in [-0.25, -0.2) is 4.98 Å². The van der Waals surface area contributed by atoms with Crippen LogP contribution in [0.15, 0.2) is 36.7 Å². The van der Waals surface area contributed by atoms with Crippen LogP contribution in [-0.2, 0) is 19.9 Å². The molecule has 0 N–H and O–H groups in total. The highest BCUT2D eigenvalue weighted by atomic mass is 16.5. The van der Waals surface area contributed by atoms with E-state index in [2.05, 4.69) is 11.1 Å². The molecule has 4 nitrogen and oxygen atoms in total. The number of rotatable bonds is 3. The van der Waals surface area contributed by atoms with Crippen molar-refractivity contribution in [2.45, 2.75) is 19.3 Å². The standard InChI is InChI=1S/C16H17N3O/c1-19-9-8-18-15(19)6-7-16(11-17)10-13-4-2-3-5-14(13)20-12-16/h2-5,8-9H,6-7,10,12H2,1H3. The zero-order valence-corrected chi connectivity index (χ0v) is 11.5. The monoisotopic (exact) mass is 267 g/mol. The Morgan fingerprint density at radius 2 is 2.30 bits per heavy atom. The van der Waals surface area contributed by atoms with Crippen molar-refractivity contribution in [3.63, 3.8) is 0 Å². The maximum absolute atomic E-state index is 9.61. The van der Waals surface area contributed by atoms with Gasteiger partial charge in [-0.3, -0.25) is 0 Å². The Morgan fingerprint density at radius 1 is 1.45 bits per heavy atom. The maximum Gasteiger partial charge on any atom is 0.122 e. The van der Waals surface area contributed by atoms with Crippen LogP contribution in [0.4, 0.5) is 0 Å². The van der Waals surface area contributed by atoms with Gasteiger partial charge in [0.15, 0.2) is 0 Å². The van der Waals surface area contributed by atoms with E-state index < -0.39 is 5.41 Å². The average molecular weight is 267 g/mol. The molecule has 0 aliphatic carbocycles. The van der Waals surface area contributed by atoms with E-state index >= 15 is 0 Å². The Labute approximate surface area is 118 Å². The summed E-state index contributed by atoms with van der Waals surface area (Å²) in [6.07, 6.45) is 6.04. The molecule has 0 radical (unpaired) electrons. The lowest BCUT2D eigenvalue weighted by Crippen LogP contribution is -2.34. The Bertz CT molecular complexity index is 656. The molecule has 0 saturated carbocycles. The smallest absolute Gasteiger partial charge is 0.122 e. The average Bonchev–Trinajstić information content (AvgIpc) is 2.90. The highest BCUT2D eigenvalue weighted by molar-refractivity contribution is 5.37. The van der Waals surface area contributed by atoms with Crippen molar-refractivity contribution in [1.82, 2.24) is 9.55 Å². The zero-order chi connectivity index (χ0) is 14.0. The van der Waals surface area contributed by atoms with Crippen LogP contribution in [0.25, 0.3) is 0 Å². The van der Waals surface area contributed by atoms with Crippen LogP contribution < -0.4 is 4.74 Å². The molecule has 1 aliphatic heterocycles. The Morgan fingerprint density at radius 3 is 3.05 bits per heavy atom. The van der Waals surface area contributed by atoms with Crippen LogP contribution in [0.5, 0.6) is 5.75 Å². The number of aryl methyl sites for hydroxylation is 2. The van der Waals surface area contributed by atoms with Crippen LogP contribution >= 0.6 is 0 Å². The summed E-state index contributed by atoms with van der Waals surface area (Å²) in [5.74, 6) is 1.92. The molecule has 4 heteroatoms. The summed E-state index contributed by atoms with van der Waals surface area (Å²) in [7, 11) is 1.98. The Kier molecular flexibility index (Phi) is 3.19. The van der Waals surface area contributed by atoms with E-state index in [1.54, 1.807) is 6.20 Å². The summed E-state index contributed by atoms with van der Waals surface area (Å²) in [5.41, 5.74) is 0.681. The minimum absolute atomic E-state index is 0.444. The highest BCUT2D eigenvalue weighted by Gasteiger charge is 2.36. The zero-order valence-electron chi connectivity index (χ0n) is 11.5. The Balaban J connectivity index is 1.77. The second-order valence-electron chi connectivity index (χ2n) is 5.42. The summed E-state index contributed by atoms with van der Waals surface area (Å²) < 4.78 is 7.78. The summed E-state index contributed by atoms with van der Waals surface area (Å²) >= 11 is 0. The first kappa shape index (κ1) is 12.7. The van der Waals surface area contributed by atoms with Crippen LogP contribution in [-0.4, -0.2) is 16.2 Å². The third-order valence-electron chi connectivity index (χ3n) is 3.99. The van der Waals surface area contributed by atoms with E-state index in [-0.39, 0.29) is 0 Å². The third kappa shape index (κ3) is 2.27. The van der Waals surface area contributed by atoms with E-state index in [0.29, 0.717) is 6.61 Å². The van der Waals surface area contributed by atoms with Crippen molar-refractivity contribution in [2.24, 2.45) is 12.5 Å². The first-order valence-corrected chi connectivity index (χ1v) is 6.81. The fraction of sp³-hybridized carbons (Fsp3) is 0.375. The fourth-order valence-electron chi connectivity index (χ4n) is 2.70. The van der Waals surface area contributed by atoms with Gasteiger partial charge < -0.3 is 9.30 Å². The Hall–Kier alpha value is -2.28. The molecule has 0 spiro atoms. The van der Waals surface area contributed by atoms with Gasteiger partial charge in [0, 0.05) is 25.9 Å². The summed E-state index contributed by atoms with van der Waals surface area (Å²) in [4.78, 5) is 4.32. The molecule has 0 bridgehead atoms. The molecule has 2 aromatic rings. The van der Waals surface area contributed by atoms with Gasteiger partial charge in [-0.1, -0.05) is 18.2 Å². The van der Waals surface area contributed by atoms with Crippen molar-refractivity contribution >= 4 is 0 Å². The second-order valence-corrected chi connectivity index (χ2v) is 5.42. The number of aromatic nitrogens is 2. The van der Waals surface area contributed by atoms with Crippen LogP contribution in [0.2, 0.25) is 0 Å². The number of ether oxygens (including phenoxy) is 1. The number of nitriles is 1. The molecular weight excluding hydrogens is 250 g/mol. The van der Waals surface area contributed by atoms with Gasteiger partial charge in [0.25, 0.3) is 0 Å². The SMILES string of the molecule is Cn1ccnc1CCC1(C#N)COc2ccccc2C1. The fourth-order valence-corrected chi connectivity index (χ4v) is 2.70. The third-order valence-corrected chi connectivity index (χ3v) is 3.99. The van der Waals surface area contributed by atoms with Gasteiger partial charge in [-0.2, -0.15) is 5.26 Å². The first-order valence-electron chi connectivity index (χ1n) is 6.81. The molecular formula is C16H17N3O. The van der Waals surface area contributed by atoms with E-state index in [0.717, 1.165) is 36.4 Å².